The number of furan rings is 1. The smallest absolute Gasteiger partial charge is 0.289 e. The van der Waals surface area contributed by atoms with Crippen LogP contribution < -0.4 is 0 Å². The Morgan fingerprint density at radius 2 is 1.59 bits per heavy atom. The third kappa shape index (κ3) is 2.73. The van der Waals surface area contributed by atoms with E-state index in [1.165, 1.54) is 25.5 Å². The molecule has 5 aliphatic rings. The highest BCUT2D eigenvalue weighted by atomic mass is 16.3. The average molecular weight is 370 g/mol. The minimum absolute atomic E-state index is 0.0677. The van der Waals surface area contributed by atoms with Gasteiger partial charge in [-0.05, 0) is 67.4 Å². The molecule has 4 bridgehead atoms. The lowest BCUT2D eigenvalue weighted by Gasteiger charge is -2.65. The SMILES string of the molecule is C[C@]12CC3CC(C(=O)N4CCN(C(=O)c5ccco5)CC4)(C1)C[C@](C)(C3)C2. The van der Waals surface area contributed by atoms with Crippen LogP contribution in [0.2, 0.25) is 0 Å². The highest BCUT2D eigenvalue weighted by Crippen LogP contribution is 2.69. The molecule has 5 fully saturated rings. The minimum atomic E-state index is -0.143. The van der Waals surface area contributed by atoms with Crippen molar-refractivity contribution in [1.29, 1.82) is 0 Å². The Morgan fingerprint density at radius 3 is 2.15 bits per heavy atom. The zero-order valence-corrected chi connectivity index (χ0v) is 16.5. The molecule has 2 amide bonds. The van der Waals surface area contributed by atoms with Gasteiger partial charge in [-0.3, -0.25) is 9.59 Å². The summed E-state index contributed by atoms with van der Waals surface area (Å²) in [5.74, 6) is 1.41. The largest absolute Gasteiger partial charge is 0.459 e. The molecule has 5 nitrogen and oxygen atoms in total. The van der Waals surface area contributed by atoms with E-state index in [0.29, 0.717) is 48.7 Å². The summed E-state index contributed by atoms with van der Waals surface area (Å²) in [6.45, 7) is 7.31. The van der Waals surface area contributed by atoms with E-state index >= 15 is 0 Å². The van der Waals surface area contributed by atoms with Gasteiger partial charge in [0.15, 0.2) is 5.76 Å². The van der Waals surface area contributed by atoms with Gasteiger partial charge in [0.05, 0.1) is 11.7 Å². The Balaban J connectivity index is 1.29. The molecule has 1 aromatic rings. The Hall–Kier alpha value is -1.78. The molecule has 5 heteroatoms. The number of hydrogen-bond acceptors (Lipinski definition) is 3. The zero-order valence-electron chi connectivity index (χ0n) is 16.5. The van der Waals surface area contributed by atoms with Gasteiger partial charge >= 0.3 is 0 Å². The van der Waals surface area contributed by atoms with Crippen LogP contribution in [0.3, 0.4) is 0 Å². The third-order valence-electron chi connectivity index (χ3n) is 7.67. The molecule has 0 radical (unpaired) electrons. The number of piperazine rings is 1. The number of hydrogen-bond donors (Lipinski definition) is 0. The molecule has 4 aliphatic carbocycles. The summed E-state index contributed by atoms with van der Waals surface area (Å²) in [5, 5.41) is 0. The maximum Gasteiger partial charge on any atom is 0.289 e. The first-order chi connectivity index (χ1) is 12.8. The molecular weight excluding hydrogens is 340 g/mol. The standard InChI is InChI=1S/C22H30N2O3/c1-20-10-16-11-21(2,13-20)15-22(12-16,14-20)19(26)24-7-5-23(6-8-24)18(25)17-4-3-9-27-17/h3-4,9,16H,5-8,10-15H2,1-2H3/t16?,20-,21-,22?/m1/s1. The number of amides is 2. The second kappa shape index (κ2) is 5.62. The first kappa shape index (κ1) is 17.3. The monoisotopic (exact) mass is 370 g/mol. The Bertz CT molecular complexity index is 745. The molecule has 1 aromatic heterocycles. The van der Waals surface area contributed by atoms with Crippen LogP contribution in [0.4, 0.5) is 0 Å². The third-order valence-corrected chi connectivity index (χ3v) is 7.67. The zero-order chi connectivity index (χ0) is 18.9. The van der Waals surface area contributed by atoms with Crippen LogP contribution >= 0.6 is 0 Å². The molecule has 146 valence electrons. The molecule has 1 aliphatic heterocycles. The number of nitrogens with zero attached hydrogens (tertiary/aromatic N) is 2. The second-order valence-corrected chi connectivity index (χ2v) is 10.5. The fraction of sp³-hybridized carbons (Fsp3) is 0.727. The van der Waals surface area contributed by atoms with Crippen LogP contribution in [0, 0.1) is 22.2 Å². The van der Waals surface area contributed by atoms with Gasteiger partial charge in [-0.2, -0.15) is 0 Å². The van der Waals surface area contributed by atoms with Crippen molar-refractivity contribution in [2.45, 2.75) is 52.4 Å². The van der Waals surface area contributed by atoms with E-state index in [4.69, 9.17) is 4.42 Å². The van der Waals surface area contributed by atoms with Gasteiger partial charge in [0.1, 0.15) is 0 Å². The molecule has 2 heterocycles. The van der Waals surface area contributed by atoms with Crippen LogP contribution in [0.1, 0.15) is 62.9 Å². The van der Waals surface area contributed by atoms with Crippen LogP contribution in [-0.4, -0.2) is 47.8 Å². The lowest BCUT2D eigenvalue weighted by molar-refractivity contribution is -0.180. The highest BCUT2D eigenvalue weighted by molar-refractivity contribution is 5.91. The van der Waals surface area contributed by atoms with Crippen molar-refractivity contribution in [3.63, 3.8) is 0 Å². The van der Waals surface area contributed by atoms with Crippen LogP contribution in [-0.2, 0) is 4.79 Å². The number of carbonyl (C=O) groups excluding carboxylic acids is 2. The molecule has 2 atom stereocenters. The van der Waals surface area contributed by atoms with Crippen molar-refractivity contribution in [3.05, 3.63) is 24.2 Å². The topological polar surface area (TPSA) is 53.8 Å². The van der Waals surface area contributed by atoms with E-state index < -0.39 is 0 Å². The summed E-state index contributed by atoms with van der Waals surface area (Å²) in [7, 11) is 0. The summed E-state index contributed by atoms with van der Waals surface area (Å²) in [6.07, 6.45) is 8.65. The Labute approximate surface area is 161 Å². The highest BCUT2D eigenvalue weighted by Gasteiger charge is 2.63. The number of rotatable bonds is 2. The molecule has 1 saturated heterocycles. The molecule has 27 heavy (non-hydrogen) atoms. The fourth-order valence-electron chi connectivity index (χ4n) is 7.69. The summed E-state index contributed by atoms with van der Waals surface area (Å²) in [6, 6.07) is 3.44. The molecule has 4 saturated carbocycles. The van der Waals surface area contributed by atoms with Crippen molar-refractivity contribution in [1.82, 2.24) is 9.80 Å². The first-order valence-corrected chi connectivity index (χ1v) is 10.4. The first-order valence-electron chi connectivity index (χ1n) is 10.4. The average Bonchev–Trinajstić information content (AvgIpc) is 3.12. The predicted octanol–water partition coefficient (Wildman–Crippen LogP) is 3.56. The normalized spacial score (nSPS) is 40.4. The van der Waals surface area contributed by atoms with Gasteiger partial charge in [-0.1, -0.05) is 13.8 Å². The van der Waals surface area contributed by atoms with Crippen molar-refractivity contribution >= 4 is 11.8 Å². The summed E-state index contributed by atoms with van der Waals surface area (Å²) in [5.41, 5.74) is 0.553. The van der Waals surface area contributed by atoms with Gasteiger partial charge in [-0.25, -0.2) is 0 Å². The van der Waals surface area contributed by atoms with Crippen molar-refractivity contribution in [2.75, 3.05) is 26.2 Å². The Morgan fingerprint density at radius 1 is 0.963 bits per heavy atom. The molecular formula is C22H30N2O3. The van der Waals surface area contributed by atoms with Crippen molar-refractivity contribution < 1.29 is 14.0 Å². The summed E-state index contributed by atoms with van der Waals surface area (Å²) in [4.78, 5) is 30.0. The fourth-order valence-corrected chi connectivity index (χ4v) is 7.69. The quantitative estimate of drug-likeness (QED) is 0.800. The van der Waals surface area contributed by atoms with Gasteiger partial charge in [0.2, 0.25) is 5.91 Å². The van der Waals surface area contributed by atoms with Crippen LogP contribution in [0.5, 0.6) is 0 Å². The molecule has 0 N–H and O–H groups in total. The van der Waals surface area contributed by atoms with Gasteiger partial charge in [-0.15, -0.1) is 0 Å². The maximum atomic E-state index is 13.6. The Kier molecular flexibility index (Phi) is 3.60. The lowest BCUT2D eigenvalue weighted by atomic mass is 9.40. The molecule has 6 rings (SSSR count). The van der Waals surface area contributed by atoms with Gasteiger partial charge in [0.25, 0.3) is 5.91 Å². The molecule has 0 unspecified atom stereocenters. The molecule has 0 aromatic carbocycles. The van der Waals surface area contributed by atoms with E-state index in [2.05, 4.69) is 13.8 Å². The van der Waals surface area contributed by atoms with Crippen molar-refractivity contribution in [2.24, 2.45) is 22.2 Å². The summed E-state index contributed by atoms with van der Waals surface area (Å²) >= 11 is 0. The second-order valence-electron chi connectivity index (χ2n) is 10.5. The van der Waals surface area contributed by atoms with E-state index in [9.17, 15) is 9.59 Å². The molecule has 0 spiro atoms. The minimum Gasteiger partial charge on any atom is -0.459 e. The van der Waals surface area contributed by atoms with Crippen LogP contribution in [0.15, 0.2) is 22.8 Å². The summed E-state index contributed by atoms with van der Waals surface area (Å²) < 4.78 is 5.24. The van der Waals surface area contributed by atoms with E-state index in [1.807, 2.05) is 9.80 Å². The van der Waals surface area contributed by atoms with Crippen LogP contribution in [0.25, 0.3) is 0 Å². The maximum absolute atomic E-state index is 13.6. The number of carbonyl (C=O) groups is 2. The van der Waals surface area contributed by atoms with Gasteiger partial charge in [0, 0.05) is 26.2 Å². The lowest BCUT2D eigenvalue weighted by Crippen LogP contribution is -2.62. The van der Waals surface area contributed by atoms with E-state index in [-0.39, 0.29) is 11.3 Å². The van der Waals surface area contributed by atoms with E-state index in [1.54, 1.807) is 12.1 Å². The van der Waals surface area contributed by atoms with E-state index in [0.717, 1.165) is 25.2 Å². The predicted molar refractivity (Wildman–Crippen MR) is 101 cm³/mol. The van der Waals surface area contributed by atoms with Crippen molar-refractivity contribution in [3.8, 4) is 0 Å². The van der Waals surface area contributed by atoms with Gasteiger partial charge < -0.3 is 14.2 Å².